The molecule has 0 saturated heterocycles. The fourth-order valence-corrected chi connectivity index (χ4v) is 10.3. The van der Waals surface area contributed by atoms with E-state index in [-0.39, 0.29) is 6.71 Å². The van der Waals surface area contributed by atoms with Crippen molar-refractivity contribution in [2.24, 2.45) is 0 Å². The van der Waals surface area contributed by atoms with Crippen molar-refractivity contribution in [3.05, 3.63) is 164 Å². The van der Waals surface area contributed by atoms with E-state index in [4.69, 9.17) is 19.9 Å². The molecule has 57 heavy (non-hydrogen) atoms. The summed E-state index contributed by atoms with van der Waals surface area (Å²) in [4.78, 5) is 19.9. The van der Waals surface area contributed by atoms with Gasteiger partial charge in [0.2, 0.25) is 0 Å². The Morgan fingerprint density at radius 1 is 0.439 bits per heavy atom. The third-order valence-electron chi connectivity index (χ3n) is 12.3. The highest BCUT2D eigenvalue weighted by Crippen LogP contribution is 2.45. The molecule has 12 aromatic rings. The molecule has 0 N–H and O–H groups in total. The average Bonchev–Trinajstić information content (AvgIpc) is 4.00. The molecule has 0 radical (unpaired) electrons. The lowest BCUT2D eigenvalue weighted by molar-refractivity contribution is 1.04. The van der Waals surface area contributed by atoms with Gasteiger partial charge in [0.25, 0.3) is 6.71 Å². The summed E-state index contributed by atoms with van der Waals surface area (Å²) in [6.07, 6.45) is 7.54. The third-order valence-corrected chi connectivity index (χ3v) is 12.3. The van der Waals surface area contributed by atoms with Gasteiger partial charge in [0.15, 0.2) is 5.82 Å². The van der Waals surface area contributed by atoms with Crippen LogP contribution in [0, 0.1) is 0 Å². The second-order valence-electron chi connectivity index (χ2n) is 15.1. The molecular weight excluding hydrogens is 699 g/mol. The number of benzene rings is 5. The fourth-order valence-electron chi connectivity index (χ4n) is 10.3. The van der Waals surface area contributed by atoms with Crippen LogP contribution in [0.2, 0.25) is 0 Å². The summed E-state index contributed by atoms with van der Waals surface area (Å²) in [6.45, 7) is -0.0426. The molecule has 9 heteroatoms. The van der Waals surface area contributed by atoms with Crippen molar-refractivity contribution < 1.29 is 0 Å². The predicted octanol–water partition coefficient (Wildman–Crippen LogP) is 8.16. The maximum atomic E-state index is 5.20. The zero-order valence-corrected chi connectivity index (χ0v) is 30.2. The number of hydrogen-bond acceptors (Lipinski definition) is 4. The molecule has 5 aromatic carbocycles. The number of hydrogen-bond donors (Lipinski definition) is 0. The minimum atomic E-state index is -0.0426. The van der Waals surface area contributed by atoms with Crippen molar-refractivity contribution in [2.75, 3.05) is 0 Å². The standard InChI is InChI=1S/C48H27BN8/c1-3-12-29(13-4-1)54-36-20-8-7-16-31(36)39-32-17-9-19-34-43(32)56(47(39)54)37-26-28(45-51-23-11-24-52-45)27-38-41(37)49(34)35-21-25-50-42-40-33-18-10-22-53-46(33)55(30-14-5-2-6-15-30)48(40)57(38)44(35)42/h1-27H. The maximum Gasteiger partial charge on any atom is 0.252 e. The van der Waals surface area contributed by atoms with Gasteiger partial charge in [0.05, 0.1) is 27.5 Å². The molecule has 9 heterocycles. The van der Waals surface area contributed by atoms with E-state index in [9.17, 15) is 0 Å². The van der Waals surface area contributed by atoms with Gasteiger partial charge in [-0.1, -0.05) is 72.8 Å². The molecule has 0 unspecified atom stereocenters. The van der Waals surface area contributed by atoms with Gasteiger partial charge in [-0.25, -0.2) is 15.0 Å². The average molecular weight is 727 g/mol. The second kappa shape index (κ2) is 10.5. The maximum absolute atomic E-state index is 5.20. The highest BCUT2D eigenvalue weighted by molar-refractivity contribution is 7.00. The number of aromatic nitrogens is 8. The first-order chi connectivity index (χ1) is 28.3. The van der Waals surface area contributed by atoms with Crippen molar-refractivity contribution in [3.8, 4) is 34.1 Å². The molecule has 14 rings (SSSR count). The smallest absolute Gasteiger partial charge is 0.252 e. The van der Waals surface area contributed by atoms with E-state index < -0.39 is 0 Å². The van der Waals surface area contributed by atoms with E-state index in [2.05, 4.69) is 146 Å². The Bertz CT molecular complexity index is 3470. The van der Waals surface area contributed by atoms with E-state index in [1.807, 2.05) is 36.9 Å². The van der Waals surface area contributed by atoms with E-state index in [0.29, 0.717) is 5.82 Å². The molecule has 262 valence electrons. The largest absolute Gasteiger partial charge is 0.296 e. The van der Waals surface area contributed by atoms with Crippen molar-refractivity contribution in [2.45, 2.75) is 0 Å². The summed E-state index contributed by atoms with van der Waals surface area (Å²) < 4.78 is 9.75. The molecule has 0 atom stereocenters. The molecule has 0 aliphatic carbocycles. The van der Waals surface area contributed by atoms with Gasteiger partial charge in [-0.15, -0.1) is 0 Å². The summed E-state index contributed by atoms with van der Waals surface area (Å²) in [5.41, 5.74) is 16.7. The molecule has 8 nitrogen and oxygen atoms in total. The van der Waals surface area contributed by atoms with Crippen molar-refractivity contribution in [1.82, 2.24) is 38.2 Å². The van der Waals surface area contributed by atoms with Crippen LogP contribution in [0.5, 0.6) is 0 Å². The van der Waals surface area contributed by atoms with Gasteiger partial charge in [-0.05, 0) is 83.1 Å². The zero-order valence-electron chi connectivity index (χ0n) is 30.2. The molecule has 0 saturated carbocycles. The SMILES string of the molecule is c1ccc(-n2c3ccccc3c3c4cccc5c4n(c32)-c2cc(-c3ncccn3)cc3c2B5c2ccnc4c5c6cccnc6n(-c6ccccc6)c5n-3c24)cc1. The van der Waals surface area contributed by atoms with Crippen LogP contribution in [-0.4, -0.2) is 44.9 Å². The summed E-state index contributed by atoms with van der Waals surface area (Å²) in [5, 5.41) is 5.89. The molecule has 0 spiro atoms. The Kier molecular flexibility index (Phi) is 5.44. The third kappa shape index (κ3) is 3.56. The quantitative estimate of drug-likeness (QED) is 0.172. The molecule has 2 aliphatic heterocycles. The highest BCUT2D eigenvalue weighted by Gasteiger charge is 2.43. The summed E-state index contributed by atoms with van der Waals surface area (Å²) in [7, 11) is 0. The summed E-state index contributed by atoms with van der Waals surface area (Å²) >= 11 is 0. The van der Waals surface area contributed by atoms with Crippen molar-refractivity contribution in [1.29, 1.82) is 0 Å². The zero-order chi connectivity index (χ0) is 36.9. The van der Waals surface area contributed by atoms with Crippen LogP contribution in [0.3, 0.4) is 0 Å². The van der Waals surface area contributed by atoms with Gasteiger partial charge < -0.3 is 0 Å². The number of fused-ring (bicyclic) bond motifs is 14. The van der Waals surface area contributed by atoms with E-state index in [1.54, 1.807) is 0 Å². The number of nitrogens with zero attached hydrogens (tertiary/aromatic N) is 8. The molecular formula is C48H27BN8. The topological polar surface area (TPSA) is 71.3 Å². The molecule has 0 bridgehead atoms. The molecule has 0 amide bonds. The normalized spacial score (nSPS) is 12.9. The summed E-state index contributed by atoms with van der Waals surface area (Å²) in [6, 6.07) is 50.0. The van der Waals surface area contributed by atoms with Crippen LogP contribution in [0.1, 0.15) is 0 Å². The first-order valence-corrected chi connectivity index (χ1v) is 19.3. The second-order valence-corrected chi connectivity index (χ2v) is 15.1. The van der Waals surface area contributed by atoms with Crippen LogP contribution in [0.15, 0.2) is 164 Å². The van der Waals surface area contributed by atoms with Crippen LogP contribution in [0.25, 0.3) is 100 Å². The van der Waals surface area contributed by atoms with Gasteiger partial charge in [-0.2, -0.15) is 0 Å². The monoisotopic (exact) mass is 726 g/mol. The Morgan fingerprint density at radius 2 is 1.09 bits per heavy atom. The number of pyridine rings is 2. The molecule has 2 aliphatic rings. The Morgan fingerprint density at radius 3 is 1.89 bits per heavy atom. The summed E-state index contributed by atoms with van der Waals surface area (Å²) in [5.74, 6) is 0.678. The Hall–Kier alpha value is -7.78. The van der Waals surface area contributed by atoms with Gasteiger partial charge in [-0.3, -0.25) is 23.3 Å². The lowest BCUT2D eigenvalue weighted by Crippen LogP contribution is -2.59. The highest BCUT2D eigenvalue weighted by atomic mass is 15.2. The predicted molar refractivity (Wildman–Crippen MR) is 230 cm³/mol. The van der Waals surface area contributed by atoms with E-state index in [1.165, 1.54) is 43.6 Å². The van der Waals surface area contributed by atoms with Crippen molar-refractivity contribution >= 4 is 89.0 Å². The molecule has 0 fully saturated rings. The Labute approximate surface area is 324 Å². The minimum Gasteiger partial charge on any atom is -0.296 e. The van der Waals surface area contributed by atoms with Gasteiger partial charge in [0.1, 0.15) is 16.9 Å². The first-order valence-electron chi connectivity index (χ1n) is 19.3. The van der Waals surface area contributed by atoms with Gasteiger partial charge in [0, 0.05) is 74.6 Å². The van der Waals surface area contributed by atoms with Gasteiger partial charge >= 0.3 is 0 Å². The molecule has 7 aromatic heterocycles. The van der Waals surface area contributed by atoms with Crippen LogP contribution in [0.4, 0.5) is 0 Å². The lowest BCUT2D eigenvalue weighted by atomic mass is 9.34. The van der Waals surface area contributed by atoms with Crippen molar-refractivity contribution in [3.63, 3.8) is 0 Å². The Balaban J connectivity index is 1.24. The first kappa shape index (κ1) is 29.6. The minimum absolute atomic E-state index is 0.0426. The van der Waals surface area contributed by atoms with E-state index >= 15 is 0 Å². The van der Waals surface area contributed by atoms with Crippen LogP contribution in [-0.2, 0) is 0 Å². The lowest BCUT2D eigenvalue weighted by Gasteiger charge is -2.34. The number of rotatable bonds is 3. The number of para-hydroxylation sites is 4. The fraction of sp³-hybridized carbons (Fsp3) is 0. The van der Waals surface area contributed by atoms with Crippen LogP contribution >= 0.6 is 0 Å². The van der Waals surface area contributed by atoms with Crippen LogP contribution < -0.4 is 16.4 Å². The van der Waals surface area contributed by atoms with E-state index in [0.717, 1.165) is 67.1 Å².